The van der Waals surface area contributed by atoms with Crippen LogP contribution in [0.3, 0.4) is 0 Å². The summed E-state index contributed by atoms with van der Waals surface area (Å²) in [5.41, 5.74) is 0. The summed E-state index contributed by atoms with van der Waals surface area (Å²) in [6.07, 6.45) is 5.64. The summed E-state index contributed by atoms with van der Waals surface area (Å²) in [6.45, 7) is 4.89. The summed E-state index contributed by atoms with van der Waals surface area (Å²) >= 11 is 0. The third kappa shape index (κ3) is 4.08. The highest BCUT2D eigenvalue weighted by Crippen LogP contribution is 2.15. The van der Waals surface area contributed by atoms with Crippen LogP contribution in [-0.2, 0) is 9.53 Å². The molecule has 3 nitrogen and oxygen atoms in total. The van der Waals surface area contributed by atoms with Crippen LogP contribution in [0.4, 0.5) is 0 Å². The van der Waals surface area contributed by atoms with Gasteiger partial charge in [0.05, 0.1) is 12.5 Å². The minimum absolute atomic E-state index is 0.0619. The Hall–Kier alpha value is -0.830. The van der Waals surface area contributed by atoms with Crippen LogP contribution in [0.1, 0.15) is 25.7 Å². The molecule has 0 bridgehead atoms. The normalized spacial score (nSPS) is 22.3. The van der Waals surface area contributed by atoms with E-state index in [0.717, 1.165) is 19.4 Å². The summed E-state index contributed by atoms with van der Waals surface area (Å²) in [6, 6.07) is 0. The third-order valence-electron chi connectivity index (χ3n) is 2.13. The van der Waals surface area contributed by atoms with Crippen LogP contribution in [0.25, 0.3) is 0 Å². The molecule has 3 heteroatoms. The predicted octanol–water partition coefficient (Wildman–Crippen LogP) is 1.25. The molecule has 1 unspecified atom stereocenters. The largest absolute Gasteiger partial charge is 0.378 e. The molecule has 1 saturated heterocycles. The Morgan fingerprint density at radius 3 is 3.08 bits per heavy atom. The fourth-order valence-electron chi connectivity index (χ4n) is 1.43. The zero-order valence-electron chi connectivity index (χ0n) is 7.92. The molecular weight excluding hydrogens is 166 g/mol. The Labute approximate surface area is 79.2 Å². The second-order valence-electron chi connectivity index (χ2n) is 3.29. The summed E-state index contributed by atoms with van der Waals surface area (Å²) in [5, 5.41) is 2.74. The summed E-state index contributed by atoms with van der Waals surface area (Å²) in [4.78, 5) is 11.2. The number of rotatable bonds is 4. The van der Waals surface area contributed by atoms with Crippen molar-refractivity contribution in [1.29, 1.82) is 0 Å². The molecule has 0 spiro atoms. The lowest BCUT2D eigenvalue weighted by Crippen LogP contribution is -2.30. The van der Waals surface area contributed by atoms with Gasteiger partial charge in [-0.25, -0.2) is 0 Å². The van der Waals surface area contributed by atoms with Gasteiger partial charge in [-0.15, -0.1) is 6.58 Å². The molecule has 0 aromatic heterocycles. The second-order valence-corrected chi connectivity index (χ2v) is 3.29. The highest BCUT2D eigenvalue weighted by molar-refractivity contribution is 5.76. The molecule has 0 aliphatic carbocycles. The van der Waals surface area contributed by atoms with Gasteiger partial charge in [0, 0.05) is 13.2 Å². The van der Waals surface area contributed by atoms with Crippen LogP contribution < -0.4 is 5.32 Å². The van der Waals surface area contributed by atoms with E-state index in [-0.39, 0.29) is 12.0 Å². The van der Waals surface area contributed by atoms with Gasteiger partial charge in [0.2, 0.25) is 5.91 Å². The van der Waals surface area contributed by atoms with Crippen LogP contribution >= 0.6 is 0 Å². The van der Waals surface area contributed by atoms with Crippen molar-refractivity contribution in [2.75, 3.05) is 13.2 Å². The summed E-state index contributed by atoms with van der Waals surface area (Å²) in [7, 11) is 0. The Bertz CT molecular complexity index is 174. The average molecular weight is 183 g/mol. The first-order valence-electron chi connectivity index (χ1n) is 4.82. The lowest BCUT2D eigenvalue weighted by Gasteiger charge is -2.21. The maximum Gasteiger partial charge on any atom is 0.222 e. The summed E-state index contributed by atoms with van der Waals surface area (Å²) in [5.74, 6) is 0.0619. The van der Waals surface area contributed by atoms with E-state index in [0.29, 0.717) is 13.0 Å². The SMILES string of the molecule is C=CCNC(=O)CC1CCCCO1. The van der Waals surface area contributed by atoms with Crippen molar-refractivity contribution in [3.05, 3.63) is 12.7 Å². The van der Waals surface area contributed by atoms with Crippen molar-refractivity contribution < 1.29 is 9.53 Å². The van der Waals surface area contributed by atoms with Gasteiger partial charge < -0.3 is 10.1 Å². The predicted molar refractivity (Wildman–Crippen MR) is 51.4 cm³/mol. The van der Waals surface area contributed by atoms with E-state index >= 15 is 0 Å². The van der Waals surface area contributed by atoms with E-state index in [1.54, 1.807) is 6.08 Å². The summed E-state index contributed by atoms with van der Waals surface area (Å²) < 4.78 is 5.44. The lowest BCUT2D eigenvalue weighted by molar-refractivity contribution is -0.124. The van der Waals surface area contributed by atoms with Crippen molar-refractivity contribution in [3.8, 4) is 0 Å². The zero-order valence-corrected chi connectivity index (χ0v) is 7.92. The van der Waals surface area contributed by atoms with Crippen molar-refractivity contribution in [2.24, 2.45) is 0 Å². The molecule has 1 rings (SSSR count). The molecule has 0 radical (unpaired) electrons. The number of carbonyl (C=O) groups excluding carboxylic acids is 1. The van der Waals surface area contributed by atoms with Crippen LogP contribution in [0.2, 0.25) is 0 Å². The first-order valence-corrected chi connectivity index (χ1v) is 4.82. The van der Waals surface area contributed by atoms with Gasteiger partial charge in [0.15, 0.2) is 0 Å². The highest BCUT2D eigenvalue weighted by atomic mass is 16.5. The molecule has 0 aromatic rings. The Kier molecular flexibility index (Phi) is 4.54. The maximum atomic E-state index is 11.2. The van der Waals surface area contributed by atoms with E-state index in [9.17, 15) is 4.79 Å². The molecule has 0 saturated carbocycles. The minimum atomic E-state index is 0.0619. The maximum absolute atomic E-state index is 11.2. The number of carbonyl (C=O) groups is 1. The van der Waals surface area contributed by atoms with E-state index < -0.39 is 0 Å². The van der Waals surface area contributed by atoms with Crippen LogP contribution in [0.15, 0.2) is 12.7 Å². The first kappa shape index (κ1) is 10.3. The second kappa shape index (κ2) is 5.75. The zero-order chi connectivity index (χ0) is 9.52. The van der Waals surface area contributed by atoms with Gasteiger partial charge in [0.25, 0.3) is 0 Å². The van der Waals surface area contributed by atoms with Gasteiger partial charge >= 0.3 is 0 Å². The van der Waals surface area contributed by atoms with Gasteiger partial charge in [-0.05, 0) is 19.3 Å². The topological polar surface area (TPSA) is 38.3 Å². The first-order chi connectivity index (χ1) is 6.33. The van der Waals surface area contributed by atoms with Crippen LogP contribution in [0, 0.1) is 0 Å². The van der Waals surface area contributed by atoms with Gasteiger partial charge in [0.1, 0.15) is 0 Å². The van der Waals surface area contributed by atoms with Crippen LogP contribution in [-0.4, -0.2) is 25.2 Å². The fraction of sp³-hybridized carbons (Fsp3) is 0.700. The lowest BCUT2D eigenvalue weighted by atomic mass is 10.1. The molecular formula is C10H17NO2. The van der Waals surface area contributed by atoms with Gasteiger partial charge in [-0.3, -0.25) is 4.79 Å². The molecule has 1 atom stereocenters. The van der Waals surface area contributed by atoms with E-state index in [1.807, 2.05) is 0 Å². The minimum Gasteiger partial charge on any atom is -0.378 e. The Morgan fingerprint density at radius 1 is 1.62 bits per heavy atom. The molecule has 1 fully saturated rings. The van der Waals surface area contributed by atoms with Crippen molar-refractivity contribution in [3.63, 3.8) is 0 Å². The smallest absolute Gasteiger partial charge is 0.222 e. The molecule has 0 aromatic carbocycles. The fourth-order valence-corrected chi connectivity index (χ4v) is 1.43. The van der Waals surface area contributed by atoms with Gasteiger partial charge in [-0.1, -0.05) is 6.08 Å². The standard InChI is InChI=1S/C10H17NO2/c1-2-6-11-10(12)8-9-5-3-4-7-13-9/h2,9H,1,3-8H2,(H,11,12). The molecule has 1 amide bonds. The van der Waals surface area contributed by atoms with Crippen LogP contribution in [0.5, 0.6) is 0 Å². The van der Waals surface area contributed by atoms with E-state index in [2.05, 4.69) is 11.9 Å². The molecule has 1 heterocycles. The monoisotopic (exact) mass is 183 g/mol. The molecule has 13 heavy (non-hydrogen) atoms. The van der Waals surface area contributed by atoms with E-state index in [1.165, 1.54) is 6.42 Å². The molecule has 74 valence electrons. The molecule has 1 aliphatic heterocycles. The van der Waals surface area contributed by atoms with Crippen molar-refractivity contribution in [2.45, 2.75) is 31.8 Å². The number of hydrogen-bond donors (Lipinski definition) is 1. The van der Waals surface area contributed by atoms with Gasteiger partial charge in [-0.2, -0.15) is 0 Å². The van der Waals surface area contributed by atoms with Crippen molar-refractivity contribution >= 4 is 5.91 Å². The molecule has 1 aliphatic rings. The number of ether oxygens (including phenoxy) is 1. The third-order valence-corrected chi connectivity index (χ3v) is 2.13. The quantitative estimate of drug-likeness (QED) is 0.666. The molecule has 1 N–H and O–H groups in total. The Balaban J connectivity index is 2.14. The van der Waals surface area contributed by atoms with E-state index in [4.69, 9.17) is 4.74 Å². The average Bonchev–Trinajstić information content (AvgIpc) is 2.16. The number of hydrogen-bond acceptors (Lipinski definition) is 2. The van der Waals surface area contributed by atoms with Crippen molar-refractivity contribution in [1.82, 2.24) is 5.32 Å². The number of amides is 1. The number of nitrogens with one attached hydrogen (secondary N) is 1. The Morgan fingerprint density at radius 2 is 2.46 bits per heavy atom. The highest BCUT2D eigenvalue weighted by Gasteiger charge is 2.16.